The zero-order chi connectivity index (χ0) is 15.0. The van der Waals surface area contributed by atoms with Gasteiger partial charge in [-0.2, -0.15) is 0 Å². The fraction of sp³-hybridized carbons (Fsp3) is 0.529. The number of aromatic nitrogens is 2. The van der Waals surface area contributed by atoms with Crippen molar-refractivity contribution in [1.82, 2.24) is 15.1 Å². The summed E-state index contributed by atoms with van der Waals surface area (Å²) in [6.07, 6.45) is 1.09. The van der Waals surface area contributed by atoms with E-state index >= 15 is 0 Å². The first-order valence-corrected chi connectivity index (χ1v) is 7.55. The van der Waals surface area contributed by atoms with E-state index in [0.29, 0.717) is 11.8 Å². The van der Waals surface area contributed by atoms with Gasteiger partial charge in [-0.3, -0.25) is 4.90 Å². The van der Waals surface area contributed by atoms with E-state index < -0.39 is 0 Å². The Labute approximate surface area is 126 Å². The molecular formula is C17H23N3O. The van der Waals surface area contributed by atoms with Gasteiger partial charge in [0.25, 0.3) is 0 Å². The lowest BCUT2D eigenvalue weighted by molar-refractivity contribution is 0.219. The van der Waals surface area contributed by atoms with Crippen LogP contribution in [-0.2, 0) is 24.9 Å². The summed E-state index contributed by atoms with van der Waals surface area (Å²) in [5, 5.41) is 7.99. The lowest BCUT2D eigenvalue weighted by atomic mass is 9.84. The fourth-order valence-electron chi connectivity index (χ4n) is 2.81. The maximum absolute atomic E-state index is 5.49. The summed E-state index contributed by atoms with van der Waals surface area (Å²) in [5.74, 6) is 1.35. The van der Waals surface area contributed by atoms with Crippen LogP contribution in [0.25, 0.3) is 0 Å². The molecule has 2 aromatic rings. The summed E-state index contributed by atoms with van der Waals surface area (Å²) >= 11 is 0. The molecule has 4 nitrogen and oxygen atoms in total. The van der Waals surface area contributed by atoms with Crippen LogP contribution in [-0.4, -0.2) is 21.6 Å². The van der Waals surface area contributed by atoms with E-state index in [-0.39, 0.29) is 5.41 Å². The third-order valence-corrected chi connectivity index (χ3v) is 4.09. The van der Waals surface area contributed by atoms with Crippen LogP contribution in [0.15, 0.2) is 22.6 Å². The highest BCUT2D eigenvalue weighted by atomic mass is 16.4. The first kappa shape index (κ1) is 14.3. The van der Waals surface area contributed by atoms with Crippen molar-refractivity contribution in [3.63, 3.8) is 0 Å². The minimum Gasteiger partial charge on any atom is -0.424 e. The van der Waals surface area contributed by atoms with Gasteiger partial charge in [0.1, 0.15) is 0 Å². The number of hydrogen-bond donors (Lipinski definition) is 0. The van der Waals surface area contributed by atoms with Crippen LogP contribution in [0.1, 0.15) is 49.2 Å². The number of rotatable bonds is 2. The van der Waals surface area contributed by atoms with Crippen molar-refractivity contribution < 1.29 is 4.42 Å². The standard InChI is InChI=1S/C17H23N3O/c1-12-18-19-16(21-12)11-20-8-7-13-5-6-15(17(2,3)4)9-14(13)10-20/h5-6,9H,7-8,10-11H2,1-4H3. The summed E-state index contributed by atoms with van der Waals surface area (Å²) in [6.45, 7) is 11.4. The average Bonchev–Trinajstić information content (AvgIpc) is 2.82. The lowest BCUT2D eigenvalue weighted by Gasteiger charge is -2.29. The second-order valence-corrected chi connectivity index (χ2v) is 6.91. The Hall–Kier alpha value is -1.68. The Kier molecular flexibility index (Phi) is 3.57. The second kappa shape index (κ2) is 5.26. The van der Waals surface area contributed by atoms with E-state index in [2.05, 4.69) is 54.1 Å². The smallest absolute Gasteiger partial charge is 0.230 e. The first-order valence-electron chi connectivity index (χ1n) is 7.55. The van der Waals surface area contributed by atoms with Crippen molar-refractivity contribution in [2.24, 2.45) is 0 Å². The normalized spacial score (nSPS) is 16.0. The molecule has 3 rings (SSSR count). The Morgan fingerprint density at radius 3 is 2.67 bits per heavy atom. The maximum atomic E-state index is 5.49. The van der Waals surface area contributed by atoms with Crippen LogP contribution in [0.5, 0.6) is 0 Å². The molecule has 0 saturated heterocycles. The Morgan fingerprint density at radius 2 is 2.00 bits per heavy atom. The lowest BCUT2D eigenvalue weighted by Crippen LogP contribution is -2.30. The molecule has 0 atom stereocenters. The molecule has 2 heterocycles. The number of aryl methyl sites for hydroxylation is 1. The average molecular weight is 285 g/mol. The van der Waals surface area contributed by atoms with Gasteiger partial charge in [0.2, 0.25) is 11.8 Å². The molecule has 0 fully saturated rings. The van der Waals surface area contributed by atoms with Gasteiger partial charge in [-0.1, -0.05) is 39.0 Å². The van der Waals surface area contributed by atoms with Crippen LogP contribution in [0.2, 0.25) is 0 Å². The predicted molar refractivity (Wildman–Crippen MR) is 82.0 cm³/mol. The molecule has 0 N–H and O–H groups in total. The van der Waals surface area contributed by atoms with E-state index in [4.69, 9.17) is 4.42 Å². The van der Waals surface area contributed by atoms with Gasteiger partial charge in [-0.25, -0.2) is 0 Å². The van der Waals surface area contributed by atoms with E-state index in [1.807, 2.05) is 6.92 Å². The van der Waals surface area contributed by atoms with E-state index in [1.165, 1.54) is 16.7 Å². The minimum atomic E-state index is 0.195. The summed E-state index contributed by atoms with van der Waals surface area (Å²) in [4.78, 5) is 2.38. The quantitative estimate of drug-likeness (QED) is 0.849. The Morgan fingerprint density at radius 1 is 1.19 bits per heavy atom. The number of fused-ring (bicyclic) bond motifs is 1. The van der Waals surface area contributed by atoms with Gasteiger partial charge in [0.05, 0.1) is 6.54 Å². The number of nitrogens with zero attached hydrogens (tertiary/aromatic N) is 3. The molecule has 0 amide bonds. The van der Waals surface area contributed by atoms with Crippen molar-refractivity contribution in [1.29, 1.82) is 0 Å². The fourth-order valence-corrected chi connectivity index (χ4v) is 2.81. The second-order valence-electron chi connectivity index (χ2n) is 6.91. The van der Waals surface area contributed by atoms with E-state index in [9.17, 15) is 0 Å². The Balaban J connectivity index is 1.77. The van der Waals surface area contributed by atoms with Crippen molar-refractivity contribution in [2.75, 3.05) is 6.54 Å². The van der Waals surface area contributed by atoms with Crippen molar-refractivity contribution in [3.05, 3.63) is 46.7 Å². The van der Waals surface area contributed by atoms with Crippen molar-refractivity contribution >= 4 is 0 Å². The molecule has 1 aliphatic rings. The Bertz CT molecular complexity index is 640. The number of hydrogen-bond acceptors (Lipinski definition) is 4. The summed E-state index contributed by atoms with van der Waals surface area (Å²) in [6, 6.07) is 6.93. The molecule has 0 saturated carbocycles. The predicted octanol–water partition coefficient (Wildman–Crippen LogP) is 3.23. The molecule has 21 heavy (non-hydrogen) atoms. The molecule has 1 aliphatic heterocycles. The van der Waals surface area contributed by atoms with Gasteiger partial charge in [0, 0.05) is 20.0 Å². The van der Waals surface area contributed by atoms with Crippen LogP contribution in [0.3, 0.4) is 0 Å². The minimum absolute atomic E-state index is 0.195. The molecule has 0 unspecified atom stereocenters. The molecule has 4 heteroatoms. The molecule has 0 radical (unpaired) electrons. The van der Waals surface area contributed by atoms with Gasteiger partial charge in [-0.05, 0) is 28.5 Å². The van der Waals surface area contributed by atoms with Gasteiger partial charge in [0.15, 0.2) is 0 Å². The van der Waals surface area contributed by atoms with Gasteiger partial charge < -0.3 is 4.42 Å². The monoisotopic (exact) mass is 285 g/mol. The first-order chi connectivity index (χ1) is 9.91. The molecule has 0 spiro atoms. The van der Waals surface area contributed by atoms with Gasteiger partial charge in [-0.15, -0.1) is 10.2 Å². The highest BCUT2D eigenvalue weighted by Gasteiger charge is 2.21. The van der Waals surface area contributed by atoms with Crippen LogP contribution >= 0.6 is 0 Å². The zero-order valence-electron chi connectivity index (χ0n) is 13.3. The van der Waals surface area contributed by atoms with Crippen molar-refractivity contribution in [3.8, 4) is 0 Å². The molecule has 1 aromatic heterocycles. The van der Waals surface area contributed by atoms with Crippen molar-refractivity contribution in [2.45, 2.75) is 52.6 Å². The van der Waals surface area contributed by atoms with Crippen LogP contribution in [0, 0.1) is 6.92 Å². The molecule has 0 aliphatic carbocycles. The maximum Gasteiger partial charge on any atom is 0.230 e. The molecule has 112 valence electrons. The topological polar surface area (TPSA) is 42.2 Å². The highest BCUT2D eigenvalue weighted by molar-refractivity contribution is 5.36. The molecule has 0 bridgehead atoms. The van der Waals surface area contributed by atoms with Crippen LogP contribution in [0.4, 0.5) is 0 Å². The third kappa shape index (κ3) is 3.16. The molecular weight excluding hydrogens is 262 g/mol. The summed E-state index contributed by atoms with van der Waals surface area (Å²) in [7, 11) is 0. The van der Waals surface area contributed by atoms with E-state index in [0.717, 1.165) is 26.1 Å². The SMILES string of the molecule is Cc1nnc(CN2CCc3ccc(C(C)(C)C)cc3C2)o1. The van der Waals surface area contributed by atoms with Gasteiger partial charge >= 0.3 is 0 Å². The third-order valence-electron chi connectivity index (χ3n) is 4.09. The zero-order valence-corrected chi connectivity index (χ0v) is 13.3. The highest BCUT2D eigenvalue weighted by Crippen LogP contribution is 2.28. The van der Waals surface area contributed by atoms with E-state index in [1.54, 1.807) is 0 Å². The van der Waals surface area contributed by atoms with Crippen LogP contribution < -0.4 is 0 Å². The number of benzene rings is 1. The summed E-state index contributed by atoms with van der Waals surface area (Å²) < 4.78 is 5.49. The molecule has 1 aromatic carbocycles. The summed E-state index contributed by atoms with van der Waals surface area (Å²) in [5.41, 5.74) is 4.50. The largest absolute Gasteiger partial charge is 0.424 e.